The van der Waals surface area contributed by atoms with Gasteiger partial charge < -0.3 is 15.4 Å². The Morgan fingerprint density at radius 3 is 2.38 bits per heavy atom. The second-order valence-corrected chi connectivity index (χ2v) is 4.04. The summed E-state index contributed by atoms with van der Waals surface area (Å²) < 4.78 is 31.1. The maximum absolute atomic E-state index is 13.2. The molecular weight excluding hydrogens is 286 g/mol. The number of hydrogen-bond acceptors (Lipinski definition) is 4. The number of hydrogen-bond donors (Lipinski definition) is 2. The molecule has 0 aliphatic heterocycles. The Morgan fingerprint density at radius 1 is 1.19 bits per heavy atom. The molecule has 0 spiro atoms. The molecule has 0 heterocycles. The van der Waals surface area contributed by atoms with Crippen molar-refractivity contribution < 1.29 is 27.9 Å². The third-order valence-corrected chi connectivity index (χ3v) is 2.29. The van der Waals surface area contributed by atoms with Crippen LogP contribution in [0, 0.1) is 11.6 Å². The lowest BCUT2D eigenvalue weighted by Crippen LogP contribution is -2.26. The summed E-state index contributed by atoms with van der Waals surface area (Å²) in [6.07, 6.45) is -0.110. The van der Waals surface area contributed by atoms with Gasteiger partial charge >= 0.3 is 5.97 Å². The highest BCUT2D eigenvalue weighted by atomic mass is 19.1. The molecule has 1 aromatic rings. The molecule has 0 aromatic heterocycles. The van der Waals surface area contributed by atoms with Gasteiger partial charge in [-0.05, 0) is 12.1 Å². The highest BCUT2D eigenvalue weighted by Crippen LogP contribution is 2.17. The normalized spacial score (nSPS) is 9.86. The van der Waals surface area contributed by atoms with Crippen LogP contribution in [0.25, 0.3) is 0 Å². The van der Waals surface area contributed by atoms with E-state index in [0.717, 1.165) is 18.2 Å². The van der Waals surface area contributed by atoms with Gasteiger partial charge in [0.05, 0.1) is 6.42 Å². The molecule has 0 aliphatic carbocycles. The molecule has 0 aliphatic rings. The van der Waals surface area contributed by atoms with Gasteiger partial charge in [-0.2, -0.15) is 0 Å². The van der Waals surface area contributed by atoms with Crippen LogP contribution in [0.5, 0.6) is 0 Å². The molecule has 0 saturated carbocycles. The van der Waals surface area contributed by atoms with Gasteiger partial charge in [0.15, 0.2) is 6.61 Å². The van der Waals surface area contributed by atoms with Crippen molar-refractivity contribution >= 4 is 23.5 Å². The minimum atomic E-state index is -0.930. The summed E-state index contributed by atoms with van der Waals surface area (Å²) >= 11 is 0. The van der Waals surface area contributed by atoms with E-state index in [4.69, 9.17) is 0 Å². The van der Waals surface area contributed by atoms with E-state index in [1.165, 1.54) is 6.92 Å². The van der Waals surface area contributed by atoms with Crippen LogP contribution in [-0.2, 0) is 19.1 Å². The predicted octanol–water partition coefficient (Wildman–Crippen LogP) is 0.973. The maximum atomic E-state index is 13.2. The number of ether oxygens (including phenoxy) is 1. The predicted molar refractivity (Wildman–Crippen MR) is 69.2 cm³/mol. The number of carbonyl (C=O) groups is 3. The Morgan fingerprint density at radius 2 is 1.81 bits per heavy atom. The topological polar surface area (TPSA) is 84.5 Å². The summed E-state index contributed by atoms with van der Waals surface area (Å²) in [5.41, 5.74) is -0.600. The lowest BCUT2D eigenvalue weighted by atomic mass is 10.3. The molecule has 0 fully saturated rings. The van der Waals surface area contributed by atoms with Crippen molar-refractivity contribution in [2.24, 2.45) is 0 Å². The molecule has 21 heavy (non-hydrogen) atoms. The van der Waals surface area contributed by atoms with Gasteiger partial charge in [0.25, 0.3) is 5.91 Å². The van der Waals surface area contributed by atoms with Gasteiger partial charge in [0.1, 0.15) is 17.3 Å². The minimum Gasteiger partial charge on any atom is -0.456 e. The van der Waals surface area contributed by atoms with Crippen LogP contribution in [0.2, 0.25) is 0 Å². The van der Waals surface area contributed by atoms with Crippen LogP contribution in [0.1, 0.15) is 13.3 Å². The van der Waals surface area contributed by atoms with Crippen LogP contribution < -0.4 is 10.6 Å². The van der Waals surface area contributed by atoms with Gasteiger partial charge in [-0.3, -0.25) is 14.4 Å². The first-order chi connectivity index (χ1) is 9.90. The molecular formula is C13H14F2N2O4. The van der Waals surface area contributed by atoms with E-state index in [1.807, 2.05) is 5.32 Å². The molecule has 0 unspecified atom stereocenters. The first-order valence-electron chi connectivity index (χ1n) is 6.04. The highest BCUT2D eigenvalue weighted by molar-refractivity contribution is 5.93. The zero-order valence-electron chi connectivity index (χ0n) is 11.2. The Balaban J connectivity index is 2.37. The number of nitrogens with one attached hydrogen (secondary N) is 2. The number of anilines is 1. The number of esters is 1. The molecule has 1 rings (SSSR count). The Hall–Kier alpha value is -2.51. The van der Waals surface area contributed by atoms with Gasteiger partial charge in [-0.25, -0.2) is 8.78 Å². The van der Waals surface area contributed by atoms with Gasteiger partial charge in [-0.15, -0.1) is 0 Å². The number of halogens is 2. The van der Waals surface area contributed by atoms with E-state index in [9.17, 15) is 23.2 Å². The number of rotatable bonds is 6. The van der Waals surface area contributed by atoms with E-state index in [2.05, 4.69) is 10.1 Å². The van der Waals surface area contributed by atoms with Crippen LogP contribution in [0.15, 0.2) is 18.2 Å². The second-order valence-electron chi connectivity index (χ2n) is 4.04. The van der Waals surface area contributed by atoms with E-state index in [0.29, 0.717) is 0 Å². The van der Waals surface area contributed by atoms with Crippen molar-refractivity contribution in [1.29, 1.82) is 0 Å². The number of carbonyl (C=O) groups excluding carboxylic acids is 3. The number of benzene rings is 1. The quantitative estimate of drug-likeness (QED) is 0.767. The molecule has 0 radical (unpaired) electrons. The fourth-order valence-corrected chi connectivity index (χ4v) is 1.35. The molecule has 1 aromatic carbocycles. The summed E-state index contributed by atoms with van der Waals surface area (Å²) in [7, 11) is 0. The zero-order chi connectivity index (χ0) is 15.8. The Kier molecular flexibility index (Phi) is 6.25. The van der Waals surface area contributed by atoms with Crippen molar-refractivity contribution in [2.75, 3.05) is 18.5 Å². The molecule has 0 saturated heterocycles. The van der Waals surface area contributed by atoms with Crippen LogP contribution in [0.4, 0.5) is 14.5 Å². The van der Waals surface area contributed by atoms with Gasteiger partial charge in [-0.1, -0.05) is 6.07 Å². The Labute approximate surface area is 119 Å². The molecule has 2 amide bonds. The average molecular weight is 300 g/mol. The molecule has 114 valence electrons. The summed E-state index contributed by atoms with van der Waals surface area (Å²) in [4.78, 5) is 33.2. The number of para-hydroxylation sites is 1. The lowest BCUT2D eigenvalue weighted by molar-refractivity contribution is -0.147. The average Bonchev–Trinajstić information content (AvgIpc) is 2.40. The fraction of sp³-hybridized carbons (Fsp3) is 0.308. The van der Waals surface area contributed by atoms with Gasteiger partial charge in [0.2, 0.25) is 5.91 Å². The van der Waals surface area contributed by atoms with E-state index < -0.39 is 35.8 Å². The second kappa shape index (κ2) is 7.93. The van der Waals surface area contributed by atoms with Crippen LogP contribution >= 0.6 is 0 Å². The third-order valence-electron chi connectivity index (χ3n) is 2.29. The van der Waals surface area contributed by atoms with E-state index in [1.54, 1.807) is 0 Å². The fourth-order valence-electron chi connectivity index (χ4n) is 1.35. The van der Waals surface area contributed by atoms with Crippen molar-refractivity contribution in [2.45, 2.75) is 13.3 Å². The first-order valence-corrected chi connectivity index (χ1v) is 6.04. The summed E-state index contributed by atoms with van der Waals surface area (Å²) in [6, 6.07) is 3.12. The molecule has 0 bridgehead atoms. The minimum absolute atomic E-state index is 0.0811. The van der Waals surface area contributed by atoms with E-state index >= 15 is 0 Å². The highest BCUT2D eigenvalue weighted by Gasteiger charge is 2.13. The largest absolute Gasteiger partial charge is 0.456 e. The summed E-state index contributed by atoms with van der Waals surface area (Å²) in [6.45, 7) is 0.701. The molecule has 8 heteroatoms. The summed E-state index contributed by atoms with van der Waals surface area (Å²) in [5, 5.41) is 4.35. The lowest BCUT2D eigenvalue weighted by Gasteiger charge is -2.08. The van der Waals surface area contributed by atoms with E-state index in [-0.39, 0.29) is 18.9 Å². The smallest absolute Gasteiger partial charge is 0.308 e. The third kappa shape index (κ3) is 5.98. The number of amides is 2. The van der Waals surface area contributed by atoms with Crippen LogP contribution in [0.3, 0.4) is 0 Å². The van der Waals surface area contributed by atoms with Crippen molar-refractivity contribution in [1.82, 2.24) is 5.32 Å². The van der Waals surface area contributed by atoms with Crippen molar-refractivity contribution in [3.8, 4) is 0 Å². The van der Waals surface area contributed by atoms with Crippen molar-refractivity contribution in [3.63, 3.8) is 0 Å². The van der Waals surface area contributed by atoms with Gasteiger partial charge in [0, 0.05) is 13.5 Å². The molecule has 0 atom stereocenters. The monoisotopic (exact) mass is 300 g/mol. The standard InChI is InChI=1S/C13H14F2N2O4/c1-8(18)16-6-5-12(20)21-7-11(19)17-13-9(14)3-2-4-10(13)15/h2-4H,5-7H2,1H3,(H,16,18)(H,17,19). The summed E-state index contributed by atoms with van der Waals surface area (Å²) in [5.74, 6) is -3.74. The zero-order valence-corrected chi connectivity index (χ0v) is 11.2. The Bertz CT molecular complexity index is 529. The SMILES string of the molecule is CC(=O)NCCC(=O)OCC(=O)Nc1c(F)cccc1F. The first kappa shape index (κ1) is 16.5. The molecule has 6 nitrogen and oxygen atoms in total. The molecule has 2 N–H and O–H groups in total. The van der Waals surface area contributed by atoms with Crippen molar-refractivity contribution in [3.05, 3.63) is 29.8 Å². The maximum Gasteiger partial charge on any atom is 0.308 e. The van der Waals surface area contributed by atoms with Crippen LogP contribution in [-0.4, -0.2) is 30.9 Å².